The first kappa shape index (κ1) is 22.5. The molecule has 0 bridgehead atoms. The number of methoxy groups -OCH3 is 2. The maximum Gasteiger partial charge on any atom is 0.348 e. The first-order valence-electron chi connectivity index (χ1n) is 9.07. The number of nitrogens with one attached hydrogen (secondary N) is 1. The molecule has 0 spiro atoms. The zero-order valence-corrected chi connectivity index (χ0v) is 18.9. The number of rotatable bonds is 7. The predicted octanol–water partition coefficient (Wildman–Crippen LogP) is 3.25. The molecule has 0 saturated heterocycles. The Labute approximate surface area is 186 Å². The molecule has 3 aromatic rings. The van der Waals surface area contributed by atoms with Gasteiger partial charge in [0.15, 0.2) is 5.16 Å². The van der Waals surface area contributed by atoms with Gasteiger partial charge >= 0.3 is 11.9 Å². The van der Waals surface area contributed by atoms with Crippen LogP contribution in [0.15, 0.2) is 35.5 Å². The first-order chi connectivity index (χ1) is 14.9. The number of ether oxygens (including phenoxy) is 2. The van der Waals surface area contributed by atoms with Crippen molar-refractivity contribution in [2.45, 2.75) is 19.0 Å². The molecule has 0 radical (unpaired) electrons. The summed E-state index contributed by atoms with van der Waals surface area (Å²) in [6.07, 6.45) is 0. The highest BCUT2D eigenvalue weighted by Gasteiger charge is 2.27. The van der Waals surface area contributed by atoms with Crippen LogP contribution in [0.1, 0.15) is 31.4 Å². The number of amides is 1. The lowest BCUT2D eigenvalue weighted by Crippen LogP contribution is -2.16. The predicted molar refractivity (Wildman–Crippen MR) is 117 cm³/mol. The largest absolute Gasteiger partial charge is 0.465 e. The number of thioether (sulfide) groups is 1. The number of anilines is 1. The van der Waals surface area contributed by atoms with E-state index >= 15 is 0 Å². The zero-order chi connectivity index (χ0) is 22.5. The summed E-state index contributed by atoms with van der Waals surface area (Å²) in [4.78, 5) is 37.0. The molecule has 1 N–H and O–H groups in total. The molecule has 11 heteroatoms. The van der Waals surface area contributed by atoms with E-state index in [0.717, 1.165) is 17.0 Å². The number of aromatic nitrogens is 3. The fraction of sp³-hybridized carbons (Fsp3) is 0.250. The minimum atomic E-state index is -0.647. The van der Waals surface area contributed by atoms with E-state index in [-0.39, 0.29) is 27.1 Å². The SMILES string of the molecule is COC(=O)c1sc(NC(=O)CSc2nnc(C)n2-c2ccccc2)c(C(=O)OC)c1C. The van der Waals surface area contributed by atoms with Crippen molar-refractivity contribution in [2.24, 2.45) is 0 Å². The van der Waals surface area contributed by atoms with Gasteiger partial charge in [0.2, 0.25) is 5.91 Å². The van der Waals surface area contributed by atoms with Gasteiger partial charge in [-0.05, 0) is 31.5 Å². The first-order valence-corrected chi connectivity index (χ1v) is 10.9. The van der Waals surface area contributed by atoms with Crippen LogP contribution in [0.25, 0.3) is 5.69 Å². The third-order valence-corrected chi connectivity index (χ3v) is 6.42. The van der Waals surface area contributed by atoms with E-state index in [2.05, 4.69) is 15.5 Å². The number of para-hydroxylation sites is 1. The number of hydrogen-bond acceptors (Lipinski definition) is 9. The zero-order valence-electron chi connectivity index (χ0n) is 17.3. The summed E-state index contributed by atoms with van der Waals surface area (Å²) < 4.78 is 11.4. The van der Waals surface area contributed by atoms with E-state index in [1.54, 1.807) is 6.92 Å². The Bertz CT molecular complexity index is 1120. The summed E-state index contributed by atoms with van der Waals surface area (Å²) in [7, 11) is 2.48. The van der Waals surface area contributed by atoms with Crippen LogP contribution in [0.5, 0.6) is 0 Å². The van der Waals surface area contributed by atoms with Gasteiger partial charge in [-0.1, -0.05) is 30.0 Å². The Morgan fingerprint density at radius 3 is 2.39 bits per heavy atom. The topological polar surface area (TPSA) is 112 Å². The number of carbonyl (C=O) groups is 3. The number of nitrogens with zero attached hydrogens (tertiary/aromatic N) is 3. The third-order valence-electron chi connectivity index (χ3n) is 4.30. The Morgan fingerprint density at radius 2 is 1.74 bits per heavy atom. The third kappa shape index (κ3) is 4.78. The highest BCUT2D eigenvalue weighted by atomic mass is 32.2. The van der Waals surface area contributed by atoms with Gasteiger partial charge < -0.3 is 14.8 Å². The minimum absolute atomic E-state index is 0.0239. The summed E-state index contributed by atoms with van der Waals surface area (Å²) in [6, 6.07) is 9.57. The van der Waals surface area contributed by atoms with Crippen molar-refractivity contribution >= 4 is 45.9 Å². The monoisotopic (exact) mass is 460 g/mol. The molecule has 2 heterocycles. The van der Waals surface area contributed by atoms with Crippen LogP contribution in [0.2, 0.25) is 0 Å². The van der Waals surface area contributed by atoms with Crippen LogP contribution in [-0.4, -0.2) is 52.6 Å². The van der Waals surface area contributed by atoms with Gasteiger partial charge in [-0.3, -0.25) is 9.36 Å². The van der Waals surface area contributed by atoms with Crippen molar-refractivity contribution in [1.82, 2.24) is 14.8 Å². The summed E-state index contributed by atoms with van der Waals surface area (Å²) in [6.45, 7) is 3.43. The second kappa shape index (κ2) is 9.75. The molecular formula is C20H20N4O5S2. The number of carbonyl (C=O) groups excluding carboxylic acids is 3. The van der Waals surface area contributed by atoms with Gasteiger partial charge in [-0.15, -0.1) is 21.5 Å². The summed E-state index contributed by atoms with van der Waals surface area (Å²) in [5.41, 5.74) is 1.41. The second-order valence-electron chi connectivity index (χ2n) is 6.28. The molecule has 2 aromatic heterocycles. The maximum atomic E-state index is 12.6. The van der Waals surface area contributed by atoms with Crippen molar-refractivity contribution in [3.8, 4) is 5.69 Å². The number of esters is 2. The van der Waals surface area contributed by atoms with Gasteiger partial charge in [-0.2, -0.15) is 0 Å². The lowest BCUT2D eigenvalue weighted by molar-refractivity contribution is -0.113. The summed E-state index contributed by atoms with van der Waals surface area (Å²) in [5, 5.41) is 11.7. The molecule has 0 saturated carbocycles. The molecule has 0 fully saturated rings. The van der Waals surface area contributed by atoms with Crippen LogP contribution < -0.4 is 5.32 Å². The van der Waals surface area contributed by atoms with E-state index in [0.29, 0.717) is 16.5 Å². The van der Waals surface area contributed by atoms with E-state index in [4.69, 9.17) is 9.47 Å². The van der Waals surface area contributed by atoms with Crippen LogP contribution >= 0.6 is 23.1 Å². The molecule has 1 amide bonds. The number of hydrogen-bond donors (Lipinski definition) is 1. The highest BCUT2D eigenvalue weighted by molar-refractivity contribution is 7.99. The van der Waals surface area contributed by atoms with Crippen LogP contribution in [0.3, 0.4) is 0 Å². The molecule has 162 valence electrons. The van der Waals surface area contributed by atoms with Gasteiger partial charge in [0.25, 0.3) is 0 Å². The standard InChI is InChI=1S/C20H20N4O5S2/c1-11-15(18(26)28-3)17(31-16(11)19(27)29-4)21-14(25)10-30-20-23-22-12(2)24(20)13-8-6-5-7-9-13/h5-9H,10H2,1-4H3,(H,21,25). The number of thiophene rings is 1. The lowest BCUT2D eigenvalue weighted by Gasteiger charge is -2.08. The minimum Gasteiger partial charge on any atom is -0.465 e. The molecule has 0 aliphatic heterocycles. The molecule has 1 aromatic carbocycles. The van der Waals surface area contributed by atoms with Crippen molar-refractivity contribution in [3.05, 3.63) is 52.2 Å². The Balaban J connectivity index is 1.78. The van der Waals surface area contributed by atoms with E-state index in [9.17, 15) is 14.4 Å². The summed E-state index contributed by atoms with van der Waals surface area (Å²) in [5.74, 6) is -0.886. The quantitative estimate of drug-likeness (QED) is 0.422. The highest BCUT2D eigenvalue weighted by Crippen LogP contribution is 2.34. The normalized spacial score (nSPS) is 10.6. The van der Waals surface area contributed by atoms with E-state index in [1.807, 2.05) is 41.8 Å². The number of aryl methyl sites for hydroxylation is 1. The van der Waals surface area contributed by atoms with Crippen LogP contribution in [0.4, 0.5) is 5.00 Å². The molecule has 0 aliphatic carbocycles. The maximum absolute atomic E-state index is 12.6. The lowest BCUT2D eigenvalue weighted by atomic mass is 10.1. The van der Waals surface area contributed by atoms with Crippen molar-refractivity contribution < 1.29 is 23.9 Å². The van der Waals surface area contributed by atoms with Crippen LogP contribution in [-0.2, 0) is 14.3 Å². The number of benzene rings is 1. The van der Waals surface area contributed by atoms with Crippen molar-refractivity contribution in [1.29, 1.82) is 0 Å². The molecule has 3 rings (SSSR count). The molecule has 31 heavy (non-hydrogen) atoms. The molecule has 0 aliphatic rings. The molecule has 0 unspecified atom stereocenters. The van der Waals surface area contributed by atoms with Crippen molar-refractivity contribution in [3.63, 3.8) is 0 Å². The van der Waals surface area contributed by atoms with Gasteiger partial charge in [0, 0.05) is 5.69 Å². The van der Waals surface area contributed by atoms with Gasteiger partial charge in [-0.25, -0.2) is 9.59 Å². The second-order valence-corrected chi connectivity index (χ2v) is 8.24. The van der Waals surface area contributed by atoms with E-state index in [1.165, 1.54) is 26.0 Å². The fourth-order valence-electron chi connectivity index (χ4n) is 2.84. The average Bonchev–Trinajstić information content (AvgIpc) is 3.31. The molecule has 9 nitrogen and oxygen atoms in total. The van der Waals surface area contributed by atoms with Crippen LogP contribution in [0, 0.1) is 13.8 Å². The Hall–Kier alpha value is -3.18. The van der Waals surface area contributed by atoms with Crippen molar-refractivity contribution in [2.75, 3.05) is 25.3 Å². The van der Waals surface area contributed by atoms with Gasteiger partial charge in [0.05, 0.1) is 25.5 Å². The fourth-order valence-corrected chi connectivity index (χ4v) is 4.77. The van der Waals surface area contributed by atoms with Gasteiger partial charge in [0.1, 0.15) is 15.7 Å². The Morgan fingerprint density at radius 1 is 1.06 bits per heavy atom. The molecular weight excluding hydrogens is 440 g/mol. The Kier molecular flexibility index (Phi) is 7.08. The average molecular weight is 461 g/mol. The van der Waals surface area contributed by atoms with E-state index < -0.39 is 11.9 Å². The smallest absolute Gasteiger partial charge is 0.348 e. The summed E-state index contributed by atoms with van der Waals surface area (Å²) >= 11 is 2.17. The molecule has 0 atom stereocenters.